The van der Waals surface area contributed by atoms with E-state index in [1.807, 2.05) is 6.07 Å². The predicted octanol–water partition coefficient (Wildman–Crippen LogP) is 2.68. The number of primary amides is 1. The SMILES string of the molecule is NC(=O)C(Cl)CCN1C(=O)c2cccc3c(Br)ccc(c23)C1=O. The van der Waals surface area contributed by atoms with E-state index in [2.05, 4.69) is 15.9 Å². The minimum Gasteiger partial charge on any atom is -0.368 e. The van der Waals surface area contributed by atoms with Crippen molar-refractivity contribution < 1.29 is 14.4 Å². The molecule has 2 N–H and O–H groups in total. The largest absolute Gasteiger partial charge is 0.368 e. The second-order valence-corrected chi connectivity index (χ2v) is 6.62. The summed E-state index contributed by atoms with van der Waals surface area (Å²) in [5, 5.41) is 0.539. The van der Waals surface area contributed by atoms with Crippen LogP contribution in [0.1, 0.15) is 27.1 Å². The van der Waals surface area contributed by atoms with E-state index in [9.17, 15) is 14.4 Å². The Morgan fingerprint density at radius 1 is 1.17 bits per heavy atom. The van der Waals surface area contributed by atoms with Gasteiger partial charge in [-0.05, 0) is 30.0 Å². The van der Waals surface area contributed by atoms with Crippen LogP contribution >= 0.6 is 27.5 Å². The Morgan fingerprint density at radius 2 is 1.83 bits per heavy atom. The van der Waals surface area contributed by atoms with Gasteiger partial charge in [0.05, 0.1) is 0 Å². The van der Waals surface area contributed by atoms with Gasteiger partial charge in [0.1, 0.15) is 5.38 Å². The lowest BCUT2D eigenvalue weighted by atomic mass is 9.94. The molecule has 1 unspecified atom stereocenters. The number of nitrogens with zero attached hydrogens (tertiary/aromatic N) is 1. The molecule has 1 aliphatic rings. The number of benzene rings is 2. The highest BCUT2D eigenvalue weighted by Gasteiger charge is 2.33. The average Bonchev–Trinajstić information content (AvgIpc) is 2.53. The van der Waals surface area contributed by atoms with Crippen molar-refractivity contribution in [2.45, 2.75) is 11.8 Å². The van der Waals surface area contributed by atoms with Gasteiger partial charge in [-0.15, -0.1) is 11.6 Å². The van der Waals surface area contributed by atoms with Gasteiger partial charge >= 0.3 is 0 Å². The Labute approximate surface area is 145 Å². The van der Waals surface area contributed by atoms with Gasteiger partial charge in [-0.25, -0.2) is 0 Å². The molecule has 1 aliphatic heterocycles. The van der Waals surface area contributed by atoms with Gasteiger partial charge in [0.2, 0.25) is 5.91 Å². The molecule has 3 rings (SSSR count). The fourth-order valence-corrected chi connectivity index (χ4v) is 3.26. The maximum atomic E-state index is 12.6. The van der Waals surface area contributed by atoms with E-state index in [1.54, 1.807) is 24.3 Å². The number of hydrogen-bond donors (Lipinski definition) is 1. The number of halogens is 2. The summed E-state index contributed by atoms with van der Waals surface area (Å²) in [5.74, 6) is -1.45. The molecule has 118 valence electrons. The highest BCUT2D eigenvalue weighted by Crippen LogP contribution is 2.34. The molecule has 0 radical (unpaired) electrons. The summed E-state index contributed by atoms with van der Waals surface area (Å²) in [7, 11) is 0. The van der Waals surface area contributed by atoms with Crippen molar-refractivity contribution in [2.24, 2.45) is 5.73 Å². The monoisotopic (exact) mass is 394 g/mol. The van der Waals surface area contributed by atoms with Crippen molar-refractivity contribution in [1.29, 1.82) is 0 Å². The van der Waals surface area contributed by atoms with Gasteiger partial charge in [0, 0.05) is 27.5 Å². The van der Waals surface area contributed by atoms with E-state index in [1.165, 1.54) is 0 Å². The second kappa shape index (κ2) is 5.94. The third kappa shape index (κ3) is 2.62. The molecule has 3 amide bonds. The van der Waals surface area contributed by atoms with Crippen LogP contribution in [0.25, 0.3) is 10.8 Å². The smallest absolute Gasteiger partial charge is 0.261 e. The summed E-state index contributed by atoms with van der Waals surface area (Å²) in [5.41, 5.74) is 6.03. The van der Waals surface area contributed by atoms with Gasteiger partial charge in [0.15, 0.2) is 0 Å². The Bertz CT molecular complexity index is 830. The van der Waals surface area contributed by atoms with Gasteiger partial charge in [0.25, 0.3) is 11.8 Å². The van der Waals surface area contributed by atoms with Crippen LogP contribution in [-0.4, -0.2) is 34.5 Å². The summed E-state index contributed by atoms with van der Waals surface area (Å²) >= 11 is 9.24. The highest BCUT2D eigenvalue weighted by atomic mass is 79.9. The Balaban J connectivity index is 2.03. The third-order valence-electron chi connectivity index (χ3n) is 3.85. The molecule has 0 saturated heterocycles. The molecule has 2 aromatic carbocycles. The standard InChI is InChI=1S/C16H12BrClN2O3/c17-11-5-4-10-13-8(11)2-1-3-9(13)15(22)20(16(10)23)7-6-12(18)14(19)21/h1-5,12H,6-7H2,(H2,19,21). The highest BCUT2D eigenvalue weighted by molar-refractivity contribution is 9.10. The molecule has 0 aliphatic carbocycles. The van der Waals surface area contributed by atoms with Crippen LogP contribution in [0.4, 0.5) is 0 Å². The van der Waals surface area contributed by atoms with Crippen LogP contribution in [0.5, 0.6) is 0 Å². The first-order chi connectivity index (χ1) is 10.9. The molecule has 5 nitrogen and oxygen atoms in total. The van der Waals surface area contributed by atoms with E-state index >= 15 is 0 Å². The van der Waals surface area contributed by atoms with E-state index < -0.39 is 11.3 Å². The third-order valence-corrected chi connectivity index (χ3v) is 4.98. The number of rotatable bonds is 4. The molecule has 23 heavy (non-hydrogen) atoms. The number of amides is 3. The van der Waals surface area contributed by atoms with Crippen LogP contribution in [0.3, 0.4) is 0 Å². The van der Waals surface area contributed by atoms with Gasteiger partial charge in [-0.2, -0.15) is 0 Å². The Morgan fingerprint density at radius 3 is 2.48 bits per heavy atom. The first-order valence-corrected chi connectivity index (χ1v) is 8.15. The van der Waals surface area contributed by atoms with Crippen LogP contribution in [0, 0.1) is 0 Å². The number of hydrogen-bond acceptors (Lipinski definition) is 3. The molecule has 7 heteroatoms. The van der Waals surface area contributed by atoms with Crippen molar-refractivity contribution >= 4 is 56.0 Å². The van der Waals surface area contributed by atoms with Crippen LogP contribution in [0.15, 0.2) is 34.8 Å². The van der Waals surface area contributed by atoms with Gasteiger partial charge in [-0.1, -0.05) is 28.1 Å². The summed E-state index contributed by atoms with van der Waals surface area (Å²) in [6.45, 7) is 0.0423. The Hall–Kier alpha value is -1.92. The van der Waals surface area contributed by atoms with Crippen LogP contribution in [-0.2, 0) is 4.79 Å². The minimum absolute atomic E-state index is 0.0423. The average molecular weight is 396 g/mol. The van der Waals surface area contributed by atoms with E-state index in [4.69, 9.17) is 17.3 Å². The van der Waals surface area contributed by atoms with Crippen molar-refractivity contribution in [3.63, 3.8) is 0 Å². The lowest BCUT2D eigenvalue weighted by molar-refractivity contribution is -0.117. The maximum absolute atomic E-state index is 12.6. The summed E-state index contributed by atoms with van der Waals surface area (Å²) in [6.07, 6.45) is 0.121. The topological polar surface area (TPSA) is 80.5 Å². The van der Waals surface area contributed by atoms with Crippen molar-refractivity contribution in [3.05, 3.63) is 45.9 Å². The van der Waals surface area contributed by atoms with Crippen LogP contribution < -0.4 is 5.73 Å². The zero-order valence-corrected chi connectivity index (χ0v) is 14.2. The quantitative estimate of drug-likeness (QED) is 0.638. The molecule has 0 bridgehead atoms. The number of carbonyl (C=O) groups is 3. The zero-order valence-electron chi connectivity index (χ0n) is 11.9. The molecule has 0 saturated carbocycles. The molecule has 0 fully saturated rings. The molecule has 1 atom stereocenters. The summed E-state index contributed by atoms with van der Waals surface area (Å²) in [4.78, 5) is 37.4. The molecule has 2 aromatic rings. The lowest BCUT2D eigenvalue weighted by Crippen LogP contribution is -2.42. The molecule has 1 heterocycles. The van der Waals surface area contributed by atoms with Crippen molar-refractivity contribution in [2.75, 3.05) is 6.54 Å². The number of carbonyl (C=O) groups excluding carboxylic acids is 3. The number of nitrogens with two attached hydrogens (primary N) is 1. The summed E-state index contributed by atoms with van der Waals surface area (Å²) < 4.78 is 0.821. The molecular weight excluding hydrogens is 384 g/mol. The first-order valence-electron chi connectivity index (χ1n) is 6.92. The number of imide groups is 1. The Kier molecular flexibility index (Phi) is 4.12. The van der Waals surface area contributed by atoms with E-state index in [0.29, 0.717) is 16.5 Å². The fourth-order valence-electron chi connectivity index (χ4n) is 2.70. The molecule has 0 aromatic heterocycles. The molecular formula is C16H12BrClN2O3. The van der Waals surface area contributed by atoms with E-state index in [-0.39, 0.29) is 24.8 Å². The van der Waals surface area contributed by atoms with Crippen LogP contribution in [0.2, 0.25) is 0 Å². The summed E-state index contributed by atoms with van der Waals surface area (Å²) in [6, 6.07) is 8.77. The minimum atomic E-state index is -0.919. The van der Waals surface area contributed by atoms with Gasteiger partial charge in [-0.3, -0.25) is 19.3 Å². The van der Waals surface area contributed by atoms with Crippen molar-refractivity contribution in [1.82, 2.24) is 4.90 Å². The van der Waals surface area contributed by atoms with E-state index in [0.717, 1.165) is 14.8 Å². The fraction of sp³-hybridized carbons (Fsp3) is 0.188. The van der Waals surface area contributed by atoms with Gasteiger partial charge < -0.3 is 5.73 Å². The lowest BCUT2D eigenvalue weighted by Gasteiger charge is -2.27. The first kappa shape index (κ1) is 16.0. The molecule has 0 spiro atoms. The zero-order chi connectivity index (χ0) is 16.7. The normalized spacial score (nSPS) is 15.1. The predicted molar refractivity (Wildman–Crippen MR) is 90.5 cm³/mol. The second-order valence-electron chi connectivity index (χ2n) is 5.24. The number of alkyl halides is 1. The maximum Gasteiger partial charge on any atom is 0.261 e. The van der Waals surface area contributed by atoms with Crippen molar-refractivity contribution in [3.8, 4) is 0 Å².